The second-order valence-electron chi connectivity index (χ2n) is 7.29. The lowest BCUT2D eigenvalue weighted by Gasteiger charge is -2.18. The zero-order chi connectivity index (χ0) is 20.9. The molecule has 0 unspecified atom stereocenters. The van der Waals surface area contributed by atoms with Crippen LogP contribution in [0.4, 0.5) is 5.69 Å². The van der Waals surface area contributed by atoms with Gasteiger partial charge in [0.25, 0.3) is 11.8 Å². The summed E-state index contributed by atoms with van der Waals surface area (Å²) in [5.74, 6) is 0.464. The smallest absolute Gasteiger partial charge is 0.262 e. The van der Waals surface area contributed by atoms with Crippen molar-refractivity contribution in [2.75, 3.05) is 18.5 Å². The third-order valence-electron chi connectivity index (χ3n) is 5.00. The van der Waals surface area contributed by atoms with Crippen molar-refractivity contribution in [3.05, 3.63) is 77.6 Å². The number of aryl methyl sites for hydroxylation is 2. The van der Waals surface area contributed by atoms with Crippen molar-refractivity contribution >= 4 is 17.5 Å². The van der Waals surface area contributed by atoms with E-state index in [1.165, 1.54) is 5.56 Å². The van der Waals surface area contributed by atoms with Gasteiger partial charge in [0.2, 0.25) is 0 Å². The summed E-state index contributed by atoms with van der Waals surface area (Å²) in [6, 6.07) is 17.8. The van der Waals surface area contributed by atoms with Crippen LogP contribution in [0.1, 0.15) is 28.0 Å². The molecule has 1 aliphatic rings. The number of pyridine rings is 1. The third-order valence-corrected chi connectivity index (χ3v) is 5.00. The Labute approximate surface area is 175 Å². The molecule has 0 atom stereocenters. The van der Waals surface area contributed by atoms with Gasteiger partial charge in [-0.25, -0.2) is 0 Å². The SMILES string of the molecule is Cc1ccc(C(=O)NCCCc2ccc(-c3ccc4c(c3)OCC(=O)N4)cc2)cn1. The zero-order valence-corrected chi connectivity index (χ0v) is 16.8. The first kappa shape index (κ1) is 19.6. The van der Waals surface area contributed by atoms with Crippen molar-refractivity contribution in [1.82, 2.24) is 10.3 Å². The van der Waals surface area contributed by atoms with Crippen molar-refractivity contribution < 1.29 is 14.3 Å². The van der Waals surface area contributed by atoms with Crippen LogP contribution in [0.25, 0.3) is 11.1 Å². The number of hydrogen-bond donors (Lipinski definition) is 2. The largest absolute Gasteiger partial charge is 0.482 e. The Morgan fingerprint density at radius 2 is 1.90 bits per heavy atom. The van der Waals surface area contributed by atoms with E-state index >= 15 is 0 Å². The molecule has 0 radical (unpaired) electrons. The Kier molecular flexibility index (Phi) is 5.75. The molecular weight excluding hydrogens is 378 g/mol. The number of nitrogens with zero attached hydrogens (tertiary/aromatic N) is 1. The number of rotatable bonds is 6. The molecule has 4 rings (SSSR count). The van der Waals surface area contributed by atoms with Crippen LogP contribution in [-0.4, -0.2) is 29.9 Å². The molecular formula is C24H23N3O3. The number of aromatic nitrogens is 1. The fourth-order valence-corrected chi connectivity index (χ4v) is 3.32. The quantitative estimate of drug-likeness (QED) is 0.617. The van der Waals surface area contributed by atoms with Gasteiger partial charge in [-0.3, -0.25) is 14.6 Å². The van der Waals surface area contributed by atoms with Crippen molar-refractivity contribution in [3.8, 4) is 16.9 Å². The minimum Gasteiger partial charge on any atom is -0.482 e. The predicted octanol–water partition coefficient (Wildman–Crippen LogP) is 3.75. The highest BCUT2D eigenvalue weighted by molar-refractivity contribution is 5.96. The maximum Gasteiger partial charge on any atom is 0.262 e. The molecule has 2 aromatic carbocycles. The standard InChI is InChI=1S/C24H23N3O3/c1-16-4-7-20(14-26-16)24(29)25-12-2-3-17-5-8-18(9-6-17)19-10-11-21-22(13-19)30-15-23(28)27-21/h4-11,13-14H,2-3,12,15H2,1H3,(H,25,29)(H,27,28). The lowest BCUT2D eigenvalue weighted by Crippen LogP contribution is -2.25. The minimum absolute atomic E-state index is 0.0480. The summed E-state index contributed by atoms with van der Waals surface area (Å²) in [7, 11) is 0. The maximum absolute atomic E-state index is 12.1. The second-order valence-corrected chi connectivity index (χ2v) is 7.29. The summed E-state index contributed by atoms with van der Waals surface area (Å²) in [5, 5.41) is 5.74. The summed E-state index contributed by atoms with van der Waals surface area (Å²) in [6.45, 7) is 2.56. The van der Waals surface area contributed by atoms with E-state index < -0.39 is 0 Å². The van der Waals surface area contributed by atoms with Gasteiger partial charge in [0.1, 0.15) is 5.75 Å². The van der Waals surface area contributed by atoms with Crippen LogP contribution < -0.4 is 15.4 Å². The van der Waals surface area contributed by atoms with Crippen LogP contribution in [-0.2, 0) is 11.2 Å². The summed E-state index contributed by atoms with van der Waals surface area (Å²) >= 11 is 0. The molecule has 2 N–H and O–H groups in total. The number of benzene rings is 2. The van der Waals surface area contributed by atoms with Gasteiger partial charge >= 0.3 is 0 Å². The Bertz CT molecular complexity index is 1060. The van der Waals surface area contributed by atoms with E-state index in [9.17, 15) is 9.59 Å². The molecule has 0 aliphatic carbocycles. The topological polar surface area (TPSA) is 80.3 Å². The molecule has 2 amide bonds. The molecule has 1 aromatic heterocycles. The monoisotopic (exact) mass is 401 g/mol. The molecule has 0 bridgehead atoms. The van der Waals surface area contributed by atoms with Gasteiger partial charge in [0, 0.05) is 18.4 Å². The Morgan fingerprint density at radius 3 is 2.67 bits per heavy atom. The van der Waals surface area contributed by atoms with Gasteiger partial charge in [-0.15, -0.1) is 0 Å². The van der Waals surface area contributed by atoms with Gasteiger partial charge in [-0.1, -0.05) is 30.3 Å². The number of amides is 2. The lowest BCUT2D eigenvalue weighted by molar-refractivity contribution is -0.118. The molecule has 152 valence electrons. The normalized spacial score (nSPS) is 12.5. The molecule has 1 aliphatic heterocycles. The molecule has 0 fully saturated rings. The van der Waals surface area contributed by atoms with Crippen LogP contribution in [0.3, 0.4) is 0 Å². The summed E-state index contributed by atoms with van der Waals surface area (Å²) in [4.78, 5) is 27.6. The predicted molar refractivity (Wildman–Crippen MR) is 116 cm³/mol. The number of ether oxygens (including phenoxy) is 1. The third kappa shape index (κ3) is 4.66. The molecule has 0 saturated carbocycles. The molecule has 6 nitrogen and oxygen atoms in total. The van der Waals surface area contributed by atoms with E-state index in [0.29, 0.717) is 23.5 Å². The first-order valence-corrected chi connectivity index (χ1v) is 9.95. The summed E-state index contributed by atoms with van der Waals surface area (Å²) < 4.78 is 5.49. The first-order valence-electron chi connectivity index (χ1n) is 9.95. The van der Waals surface area contributed by atoms with Gasteiger partial charge in [0.15, 0.2) is 6.61 Å². The first-order chi connectivity index (χ1) is 14.6. The van der Waals surface area contributed by atoms with Crippen molar-refractivity contribution in [3.63, 3.8) is 0 Å². The van der Waals surface area contributed by atoms with Crippen LogP contribution >= 0.6 is 0 Å². The van der Waals surface area contributed by atoms with Gasteiger partial charge in [-0.2, -0.15) is 0 Å². The highest BCUT2D eigenvalue weighted by Gasteiger charge is 2.16. The van der Waals surface area contributed by atoms with Crippen LogP contribution in [0.2, 0.25) is 0 Å². The second kappa shape index (κ2) is 8.78. The number of carbonyl (C=O) groups is 2. The average Bonchev–Trinajstić information content (AvgIpc) is 2.77. The number of hydrogen-bond acceptors (Lipinski definition) is 4. The highest BCUT2D eigenvalue weighted by atomic mass is 16.5. The summed E-state index contributed by atoms with van der Waals surface area (Å²) in [6.07, 6.45) is 3.34. The van der Waals surface area contributed by atoms with Gasteiger partial charge in [0.05, 0.1) is 11.3 Å². The molecule has 6 heteroatoms. The number of carbonyl (C=O) groups excluding carboxylic acids is 2. The van der Waals surface area contributed by atoms with Crippen molar-refractivity contribution in [1.29, 1.82) is 0 Å². The van der Waals surface area contributed by atoms with E-state index in [1.807, 2.05) is 31.2 Å². The lowest BCUT2D eigenvalue weighted by atomic mass is 10.0. The molecule has 30 heavy (non-hydrogen) atoms. The van der Waals surface area contributed by atoms with Crippen molar-refractivity contribution in [2.24, 2.45) is 0 Å². The maximum atomic E-state index is 12.1. The zero-order valence-electron chi connectivity index (χ0n) is 16.8. The Hall–Kier alpha value is -3.67. The van der Waals surface area contributed by atoms with Gasteiger partial charge in [-0.05, 0) is 60.7 Å². The van der Waals surface area contributed by atoms with E-state index in [0.717, 1.165) is 29.7 Å². The highest BCUT2D eigenvalue weighted by Crippen LogP contribution is 2.32. The minimum atomic E-state index is -0.133. The van der Waals surface area contributed by atoms with E-state index in [1.54, 1.807) is 12.3 Å². The number of fused-ring (bicyclic) bond motifs is 1. The fourth-order valence-electron chi connectivity index (χ4n) is 3.32. The molecule has 0 spiro atoms. The van der Waals surface area contributed by atoms with E-state index in [2.05, 4.69) is 39.9 Å². The Balaban J connectivity index is 1.29. The molecule has 3 aromatic rings. The van der Waals surface area contributed by atoms with E-state index in [-0.39, 0.29) is 18.4 Å². The molecule has 0 saturated heterocycles. The Morgan fingerprint density at radius 1 is 1.10 bits per heavy atom. The van der Waals surface area contributed by atoms with Crippen LogP contribution in [0.15, 0.2) is 60.8 Å². The van der Waals surface area contributed by atoms with Crippen molar-refractivity contribution in [2.45, 2.75) is 19.8 Å². The van der Waals surface area contributed by atoms with Gasteiger partial charge < -0.3 is 15.4 Å². The number of nitrogens with one attached hydrogen (secondary N) is 2. The average molecular weight is 401 g/mol. The fraction of sp³-hybridized carbons (Fsp3) is 0.208. The number of anilines is 1. The molecule has 2 heterocycles. The van der Waals surface area contributed by atoms with Crippen LogP contribution in [0.5, 0.6) is 5.75 Å². The summed E-state index contributed by atoms with van der Waals surface area (Å²) in [5.41, 5.74) is 5.52. The van der Waals surface area contributed by atoms with Crippen LogP contribution in [0, 0.1) is 6.92 Å². The van der Waals surface area contributed by atoms with E-state index in [4.69, 9.17) is 4.74 Å².